The van der Waals surface area contributed by atoms with Gasteiger partial charge < -0.3 is 10.6 Å². The van der Waals surface area contributed by atoms with Gasteiger partial charge in [0.15, 0.2) is 0 Å². The number of aromatic nitrogens is 1. The van der Waals surface area contributed by atoms with Crippen LogP contribution in [0.4, 0.5) is 21.5 Å². The topological polar surface area (TPSA) is 60.7 Å². The van der Waals surface area contributed by atoms with Gasteiger partial charge in [0.25, 0.3) is 0 Å². The van der Waals surface area contributed by atoms with Crippen molar-refractivity contribution >= 4 is 17.1 Å². The number of benzene rings is 1. The molecule has 0 aliphatic heterocycles. The molecule has 0 radical (unpaired) electrons. The fourth-order valence-electron chi connectivity index (χ4n) is 1.75. The van der Waals surface area contributed by atoms with Crippen LogP contribution in [0.15, 0.2) is 36.7 Å². The fraction of sp³-hybridized carbons (Fsp3) is 0.200. The Morgan fingerprint density at radius 3 is 2.80 bits per heavy atom. The average Bonchev–Trinajstić information content (AvgIpc) is 2.47. The van der Waals surface area contributed by atoms with Crippen LogP contribution in [0.25, 0.3) is 0 Å². The predicted molar refractivity (Wildman–Crippen MR) is 77.4 cm³/mol. The molecule has 2 aromatic rings. The van der Waals surface area contributed by atoms with Gasteiger partial charge in [0.05, 0.1) is 35.0 Å². The highest BCUT2D eigenvalue weighted by Crippen LogP contribution is 2.22. The number of anilines is 3. The Morgan fingerprint density at radius 2 is 2.05 bits per heavy atom. The summed E-state index contributed by atoms with van der Waals surface area (Å²) >= 11 is 0. The maximum atomic E-state index is 13.1. The van der Waals surface area contributed by atoms with Crippen molar-refractivity contribution in [1.82, 2.24) is 4.98 Å². The van der Waals surface area contributed by atoms with Crippen molar-refractivity contribution in [3.63, 3.8) is 0 Å². The largest absolute Gasteiger partial charge is 0.384 e. The molecule has 0 aliphatic carbocycles. The lowest BCUT2D eigenvalue weighted by molar-refractivity contribution is 0.627. The first kappa shape index (κ1) is 13.8. The number of halogens is 1. The first-order valence-corrected chi connectivity index (χ1v) is 6.38. The number of rotatable bonds is 5. The standard InChI is InChI=1S/C15H15FN4/c1-2-5-19-13-7-14(10-18-9-13)20-15-4-3-12(16)6-11(15)8-17/h3-4,6-7,9-10,19-20H,2,5H2,1H3. The van der Waals surface area contributed by atoms with E-state index in [0.717, 1.165) is 24.3 Å². The number of hydrogen-bond acceptors (Lipinski definition) is 4. The molecule has 0 amide bonds. The van der Waals surface area contributed by atoms with Crippen LogP contribution in [0.2, 0.25) is 0 Å². The lowest BCUT2D eigenvalue weighted by Gasteiger charge is -2.10. The van der Waals surface area contributed by atoms with E-state index in [1.54, 1.807) is 18.5 Å². The minimum Gasteiger partial charge on any atom is -0.384 e. The minimum atomic E-state index is -0.427. The summed E-state index contributed by atoms with van der Waals surface area (Å²) in [7, 11) is 0. The molecule has 0 fully saturated rings. The molecule has 0 bridgehead atoms. The van der Waals surface area contributed by atoms with Gasteiger partial charge >= 0.3 is 0 Å². The number of nitrogens with zero attached hydrogens (tertiary/aromatic N) is 2. The molecule has 2 rings (SSSR count). The zero-order chi connectivity index (χ0) is 14.4. The third kappa shape index (κ3) is 3.45. The predicted octanol–water partition coefficient (Wildman–Crippen LogP) is 3.66. The normalized spacial score (nSPS) is 9.85. The van der Waals surface area contributed by atoms with E-state index in [1.807, 2.05) is 12.1 Å². The first-order valence-electron chi connectivity index (χ1n) is 6.38. The van der Waals surface area contributed by atoms with Gasteiger partial charge in [-0.3, -0.25) is 4.98 Å². The molecule has 102 valence electrons. The van der Waals surface area contributed by atoms with Crippen molar-refractivity contribution < 1.29 is 4.39 Å². The molecule has 5 heteroatoms. The Morgan fingerprint density at radius 1 is 1.25 bits per heavy atom. The third-order valence-electron chi connectivity index (χ3n) is 2.70. The Bertz CT molecular complexity index is 634. The van der Waals surface area contributed by atoms with Crippen LogP contribution in [-0.4, -0.2) is 11.5 Å². The van der Waals surface area contributed by atoms with Crippen LogP contribution in [0.3, 0.4) is 0 Å². The summed E-state index contributed by atoms with van der Waals surface area (Å²) in [6.45, 7) is 2.95. The maximum Gasteiger partial charge on any atom is 0.124 e. The minimum absolute atomic E-state index is 0.261. The molecule has 0 saturated carbocycles. The summed E-state index contributed by atoms with van der Waals surface area (Å²) in [4.78, 5) is 4.12. The van der Waals surface area contributed by atoms with Crippen LogP contribution >= 0.6 is 0 Å². The molecule has 0 unspecified atom stereocenters. The summed E-state index contributed by atoms with van der Waals surface area (Å²) in [5.74, 6) is -0.427. The van der Waals surface area contributed by atoms with Gasteiger partial charge in [-0.05, 0) is 30.7 Å². The Hall–Kier alpha value is -2.61. The van der Waals surface area contributed by atoms with Gasteiger partial charge in [-0.1, -0.05) is 6.92 Å². The summed E-state index contributed by atoms with van der Waals surface area (Å²) < 4.78 is 13.1. The second-order valence-corrected chi connectivity index (χ2v) is 4.32. The molecule has 0 saturated heterocycles. The van der Waals surface area contributed by atoms with E-state index in [-0.39, 0.29) is 5.56 Å². The SMILES string of the molecule is CCCNc1cncc(Nc2ccc(F)cc2C#N)c1. The van der Waals surface area contributed by atoms with E-state index in [1.165, 1.54) is 12.1 Å². The lowest BCUT2D eigenvalue weighted by Crippen LogP contribution is -2.01. The van der Waals surface area contributed by atoms with Crippen LogP contribution < -0.4 is 10.6 Å². The van der Waals surface area contributed by atoms with Crippen molar-refractivity contribution in [3.05, 3.63) is 48.0 Å². The first-order chi connectivity index (χ1) is 9.72. The monoisotopic (exact) mass is 270 g/mol. The van der Waals surface area contributed by atoms with Crippen LogP contribution in [0.5, 0.6) is 0 Å². The summed E-state index contributed by atoms with van der Waals surface area (Å²) in [5.41, 5.74) is 2.46. The van der Waals surface area contributed by atoms with Crippen molar-refractivity contribution in [2.24, 2.45) is 0 Å². The molecule has 0 atom stereocenters. The fourth-order valence-corrected chi connectivity index (χ4v) is 1.75. The lowest BCUT2D eigenvalue weighted by atomic mass is 10.2. The second-order valence-electron chi connectivity index (χ2n) is 4.32. The molecular weight excluding hydrogens is 255 g/mol. The van der Waals surface area contributed by atoms with E-state index < -0.39 is 5.82 Å². The van der Waals surface area contributed by atoms with Crippen LogP contribution in [-0.2, 0) is 0 Å². The molecule has 2 N–H and O–H groups in total. The van der Waals surface area contributed by atoms with Crippen LogP contribution in [0.1, 0.15) is 18.9 Å². The van der Waals surface area contributed by atoms with Crippen molar-refractivity contribution in [2.75, 3.05) is 17.2 Å². The molecular formula is C15H15FN4. The van der Waals surface area contributed by atoms with E-state index in [9.17, 15) is 4.39 Å². The van der Waals surface area contributed by atoms with Gasteiger partial charge in [-0.25, -0.2) is 4.39 Å². The smallest absolute Gasteiger partial charge is 0.124 e. The zero-order valence-electron chi connectivity index (χ0n) is 11.2. The quantitative estimate of drug-likeness (QED) is 0.870. The van der Waals surface area contributed by atoms with E-state index in [4.69, 9.17) is 5.26 Å². The van der Waals surface area contributed by atoms with Gasteiger partial charge in [-0.2, -0.15) is 5.26 Å². The van der Waals surface area contributed by atoms with E-state index in [0.29, 0.717) is 5.69 Å². The van der Waals surface area contributed by atoms with Gasteiger partial charge in [0, 0.05) is 6.54 Å². The molecule has 0 aliphatic rings. The zero-order valence-corrected chi connectivity index (χ0v) is 11.2. The molecule has 1 aromatic heterocycles. The van der Waals surface area contributed by atoms with E-state index in [2.05, 4.69) is 22.5 Å². The second kappa shape index (κ2) is 6.53. The van der Waals surface area contributed by atoms with Gasteiger partial charge in [0.2, 0.25) is 0 Å². The highest BCUT2D eigenvalue weighted by atomic mass is 19.1. The third-order valence-corrected chi connectivity index (χ3v) is 2.70. The van der Waals surface area contributed by atoms with Crippen LogP contribution in [0, 0.1) is 17.1 Å². The van der Waals surface area contributed by atoms with Crippen molar-refractivity contribution in [2.45, 2.75) is 13.3 Å². The summed E-state index contributed by atoms with van der Waals surface area (Å²) in [6, 6.07) is 7.92. The molecule has 1 aromatic carbocycles. The average molecular weight is 270 g/mol. The number of nitrogens with one attached hydrogen (secondary N) is 2. The highest BCUT2D eigenvalue weighted by molar-refractivity contribution is 5.68. The molecule has 20 heavy (non-hydrogen) atoms. The van der Waals surface area contributed by atoms with Gasteiger partial charge in [-0.15, -0.1) is 0 Å². The number of hydrogen-bond donors (Lipinski definition) is 2. The molecule has 4 nitrogen and oxygen atoms in total. The van der Waals surface area contributed by atoms with Crippen molar-refractivity contribution in [1.29, 1.82) is 5.26 Å². The van der Waals surface area contributed by atoms with Gasteiger partial charge in [0.1, 0.15) is 11.9 Å². The van der Waals surface area contributed by atoms with Crippen molar-refractivity contribution in [3.8, 4) is 6.07 Å². The number of pyridine rings is 1. The summed E-state index contributed by atoms with van der Waals surface area (Å²) in [5, 5.41) is 15.3. The Labute approximate surface area is 117 Å². The molecule has 0 spiro atoms. The maximum absolute atomic E-state index is 13.1. The Balaban J connectivity index is 2.20. The number of nitriles is 1. The molecule has 1 heterocycles. The summed E-state index contributed by atoms with van der Waals surface area (Å²) in [6.07, 6.45) is 4.41. The van der Waals surface area contributed by atoms with E-state index >= 15 is 0 Å². The highest BCUT2D eigenvalue weighted by Gasteiger charge is 2.04. The Kier molecular flexibility index (Phi) is 4.51.